The maximum Gasteiger partial charge on any atom is 0.0809 e. The van der Waals surface area contributed by atoms with Gasteiger partial charge < -0.3 is 4.90 Å². The third-order valence-corrected chi connectivity index (χ3v) is 2.96. The van der Waals surface area contributed by atoms with Crippen LogP contribution in [0, 0.1) is 23.2 Å². The van der Waals surface area contributed by atoms with E-state index in [-0.39, 0.29) is 11.4 Å². The van der Waals surface area contributed by atoms with Gasteiger partial charge in [0.15, 0.2) is 0 Å². The van der Waals surface area contributed by atoms with E-state index in [2.05, 4.69) is 12.8 Å². The molecule has 0 saturated carbocycles. The van der Waals surface area contributed by atoms with E-state index < -0.39 is 0 Å². The Morgan fingerprint density at radius 1 is 1.33 bits per heavy atom. The lowest BCUT2D eigenvalue weighted by Gasteiger charge is -2.23. The molecule has 3 heteroatoms. The molecule has 94 valence electrons. The molecule has 18 heavy (non-hydrogen) atoms. The van der Waals surface area contributed by atoms with Gasteiger partial charge in [0.2, 0.25) is 0 Å². The largest absolute Gasteiger partial charge is 0.371 e. The molecule has 1 aliphatic rings. The normalized spacial score (nSPS) is 16.0. The van der Waals surface area contributed by atoms with Crippen LogP contribution >= 0.6 is 0 Å². The topological polar surface area (TPSA) is 50.9 Å². The van der Waals surface area contributed by atoms with E-state index >= 15 is 0 Å². The molecular formula is C15H19N3. The van der Waals surface area contributed by atoms with Gasteiger partial charge in [-0.1, -0.05) is 12.8 Å². The molecule has 1 aliphatic carbocycles. The molecule has 0 aliphatic heterocycles. The van der Waals surface area contributed by atoms with Gasteiger partial charge in [-0.05, 0) is 37.1 Å². The molecular weight excluding hydrogens is 222 g/mol. The van der Waals surface area contributed by atoms with E-state index in [1.165, 1.54) is 5.57 Å². The molecule has 0 aromatic carbocycles. The van der Waals surface area contributed by atoms with Crippen LogP contribution in [0.25, 0.3) is 0 Å². The number of allylic oxidation sites excluding steroid dienone is 4. The summed E-state index contributed by atoms with van der Waals surface area (Å²) in [6, 6.07) is 0. The van der Waals surface area contributed by atoms with Crippen LogP contribution in [-0.4, -0.2) is 29.9 Å². The van der Waals surface area contributed by atoms with Crippen molar-refractivity contribution in [1.29, 1.82) is 10.8 Å². The van der Waals surface area contributed by atoms with Gasteiger partial charge in [-0.25, -0.2) is 0 Å². The number of rotatable bonds is 4. The van der Waals surface area contributed by atoms with E-state index in [1.54, 1.807) is 12.2 Å². The Labute approximate surface area is 109 Å². The Balaban J connectivity index is 2.83. The zero-order valence-electron chi connectivity index (χ0n) is 11.2. The smallest absolute Gasteiger partial charge is 0.0809 e. The van der Waals surface area contributed by atoms with Gasteiger partial charge >= 0.3 is 0 Å². The molecule has 2 N–H and O–H groups in total. The van der Waals surface area contributed by atoms with Crippen molar-refractivity contribution >= 4 is 11.4 Å². The summed E-state index contributed by atoms with van der Waals surface area (Å²) in [5.41, 5.74) is 3.63. The minimum Gasteiger partial charge on any atom is -0.371 e. The number of hydrogen-bond acceptors (Lipinski definition) is 3. The van der Waals surface area contributed by atoms with Crippen LogP contribution in [0.2, 0.25) is 0 Å². The Kier molecular flexibility index (Phi) is 4.67. The highest BCUT2D eigenvalue weighted by Gasteiger charge is 2.11. The van der Waals surface area contributed by atoms with Gasteiger partial charge in [0.05, 0.1) is 11.4 Å². The van der Waals surface area contributed by atoms with Crippen molar-refractivity contribution in [3.05, 3.63) is 35.1 Å². The number of terminal acetylenes is 1. The molecule has 0 aromatic heterocycles. The first-order chi connectivity index (χ1) is 8.49. The van der Waals surface area contributed by atoms with Crippen molar-refractivity contribution in [3.8, 4) is 12.3 Å². The molecule has 0 atom stereocenters. The summed E-state index contributed by atoms with van der Waals surface area (Å²) in [7, 11) is 1.96. The molecule has 0 saturated heterocycles. The average molecular weight is 241 g/mol. The molecule has 0 amide bonds. The van der Waals surface area contributed by atoms with E-state index in [1.807, 2.05) is 24.9 Å². The molecule has 0 aromatic rings. The molecule has 1 rings (SSSR count). The summed E-state index contributed by atoms with van der Waals surface area (Å²) >= 11 is 0. The second-order valence-corrected chi connectivity index (χ2v) is 4.34. The molecule has 3 nitrogen and oxygen atoms in total. The maximum absolute atomic E-state index is 7.63. The van der Waals surface area contributed by atoms with Crippen molar-refractivity contribution in [3.63, 3.8) is 0 Å². The summed E-state index contributed by atoms with van der Waals surface area (Å²) in [5, 5.41) is 15.1. The summed E-state index contributed by atoms with van der Waals surface area (Å²) in [6.45, 7) is 4.83. The molecule has 0 heterocycles. The van der Waals surface area contributed by atoms with Crippen LogP contribution in [0.3, 0.4) is 0 Å². The highest BCUT2D eigenvalue weighted by Crippen LogP contribution is 2.14. The lowest BCUT2D eigenvalue weighted by Crippen LogP contribution is -2.23. The van der Waals surface area contributed by atoms with Crippen molar-refractivity contribution in [2.45, 2.75) is 20.3 Å². The van der Waals surface area contributed by atoms with E-state index in [4.69, 9.17) is 17.2 Å². The third kappa shape index (κ3) is 3.21. The standard InChI is InChI=1S/C15H19N3/c1-5-12(6-2)11(3)10-18(4)13-7-8-14(16)15(17)9-13/h1,7-9,16-17H,6,10H2,2-4H3/b12-11-,16-14?,17-15?. The molecule has 0 bridgehead atoms. The Morgan fingerprint density at radius 2 is 2.00 bits per heavy atom. The fourth-order valence-electron chi connectivity index (χ4n) is 1.84. The zero-order chi connectivity index (χ0) is 13.7. The van der Waals surface area contributed by atoms with Crippen LogP contribution in [0.5, 0.6) is 0 Å². The number of likely N-dealkylation sites (N-methyl/N-ethyl adjacent to an activating group) is 1. The van der Waals surface area contributed by atoms with Gasteiger partial charge in [0.1, 0.15) is 0 Å². The van der Waals surface area contributed by atoms with Gasteiger partial charge in [-0.3, -0.25) is 10.8 Å². The summed E-state index contributed by atoms with van der Waals surface area (Å²) < 4.78 is 0. The van der Waals surface area contributed by atoms with Crippen LogP contribution in [-0.2, 0) is 0 Å². The number of nitrogens with zero attached hydrogens (tertiary/aromatic N) is 1. The van der Waals surface area contributed by atoms with Crippen molar-refractivity contribution in [2.75, 3.05) is 13.6 Å². The van der Waals surface area contributed by atoms with Crippen LogP contribution in [0.15, 0.2) is 35.1 Å². The number of hydrogen-bond donors (Lipinski definition) is 2. The minimum atomic E-state index is 0.244. The molecule has 0 unspecified atom stereocenters. The predicted octanol–water partition coefficient (Wildman–Crippen LogP) is 2.77. The monoisotopic (exact) mass is 241 g/mol. The van der Waals surface area contributed by atoms with Gasteiger partial charge in [-0.2, -0.15) is 0 Å². The second kappa shape index (κ2) is 6.02. The highest BCUT2D eigenvalue weighted by molar-refractivity contribution is 6.49. The predicted molar refractivity (Wildman–Crippen MR) is 77.1 cm³/mol. The average Bonchev–Trinajstić information content (AvgIpc) is 2.34. The van der Waals surface area contributed by atoms with E-state index in [9.17, 15) is 0 Å². The number of nitrogens with one attached hydrogen (secondary N) is 2. The van der Waals surface area contributed by atoms with Gasteiger partial charge in [0, 0.05) is 24.9 Å². The second-order valence-electron chi connectivity index (χ2n) is 4.34. The first kappa shape index (κ1) is 14.0. The lowest BCUT2D eigenvalue weighted by atomic mass is 10.1. The van der Waals surface area contributed by atoms with Crippen LogP contribution in [0.4, 0.5) is 0 Å². The summed E-state index contributed by atoms with van der Waals surface area (Å²) in [6.07, 6.45) is 11.5. The lowest BCUT2D eigenvalue weighted by molar-refractivity contribution is 0.467. The molecule has 0 fully saturated rings. The fraction of sp³-hybridized carbons (Fsp3) is 0.333. The SMILES string of the molecule is C#C/C(CC)=C(\C)CN(C)C1=CC(=N)C(=N)C=C1. The first-order valence-corrected chi connectivity index (χ1v) is 5.93. The third-order valence-electron chi connectivity index (χ3n) is 2.96. The Hall–Kier alpha value is -2.08. The van der Waals surface area contributed by atoms with Gasteiger partial charge in [0.25, 0.3) is 0 Å². The zero-order valence-corrected chi connectivity index (χ0v) is 11.2. The van der Waals surface area contributed by atoms with Crippen molar-refractivity contribution in [2.24, 2.45) is 0 Å². The van der Waals surface area contributed by atoms with Crippen molar-refractivity contribution in [1.82, 2.24) is 4.90 Å². The quantitative estimate of drug-likeness (QED) is 0.577. The fourth-order valence-corrected chi connectivity index (χ4v) is 1.84. The maximum atomic E-state index is 7.63. The van der Waals surface area contributed by atoms with Gasteiger partial charge in [-0.15, -0.1) is 6.42 Å². The summed E-state index contributed by atoms with van der Waals surface area (Å²) in [5.74, 6) is 2.71. The van der Waals surface area contributed by atoms with Crippen molar-refractivity contribution < 1.29 is 0 Å². The Bertz CT molecular complexity index is 498. The highest BCUT2D eigenvalue weighted by atomic mass is 15.1. The minimum absolute atomic E-state index is 0.244. The summed E-state index contributed by atoms with van der Waals surface area (Å²) in [4.78, 5) is 2.04. The van der Waals surface area contributed by atoms with Crippen LogP contribution < -0.4 is 0 Å². The van der Waals surface area contributed by atoms with E-state index in [0.29, 0.717) is 0 Å². The first-order valence-electron chi connectivity index (χ1n) is 5.93. The molecule has 0 spiro atoms. The van der Waals surface area contributed by atoms with E-state index in [0.717, 1.165) is 24.2 Å². The Morgan fingerprint density at radius 3 is 2.50 bits per heavy atom. The molecule has 0 radical (unpaired) electrons. The van der Waals surface area contributed by atoms with Crippen LogP contribution in [0.1, 0.15) is 20.3 Å².